The van der Waals surface area contributed by atoms with E-state index in [0.717, 1.165) is 5.56 Å². The number of rotatable bonds is 3. The molecule has 0 atom stereocenters. The Kier molecular flexibility index (Phi) is 3.83. The topological polar surface area (TPSA) is 35.5 Å². The maximum Gasteiger partial charge on any atom is 0.193 e. The van der Waals surface area contributed by atoms with Crippen molar-refractivity contribution in [1.29, 1.82) is 0 Å². The zero-order chi connectivity index (χ0) is 13.9. The van der Waals surface area contributed by atoms with Gasteiger partial charge in [-0.1, -0.05) is 29.8 Å². The first-order chi connectivity index (χ1) is 9.74. The van der Waals surface area contributed by atoms with Gasteiger partial charge in [0.15, 0.2) is 12.1 Å². The highest BCUT2D eigenvalue weighted by Gasteiger charge is 2.19. The smallest absolute Gasteiger partial charge is 0.193 e. The average Bonchev–Trinajstić information content (AvgIpc) is 3.02. The molecule has 3 nitrogen and oxygen atoms in total. The van der Waals surface area contributed by atoms with Crippen molar-refractivity contribution in [3.05, 3.63) is 70.2 Å². The van der Waals surface area contributed by atoms with Crippen molar-refractivity contribution < 1.29 is 14.3 Å². The van der Waals surface area contributed by atoms with Gasteiger partial charge >= 0.3 is 0 Å². The van der Waals surface area contributed by atoms with Gasteiger partial charge in [0.25, 0.3) is 0 Å². The highest BCUT2D eigenvalue weighted by molar-refractivity contribution is 6.30. The minimum Gasteiger partial charge on any atom is -0.346 e. The average molecular weight is 289 g/mol. The predicted molar refractivity (Wildman–Crippen MR) is 76.0 cm³/mol. The molecule has 1 aliphatic rings. The summed E-state index contributed by atoms with van der Waals surface area (Å²) in [4.78, 5) is 12.4. The predicted octanol–water partition coefficient (Wildman–Crippen LogP) is 3.62. The molecule has 0 amide bonds. The number of ether oxygens (including phenoxy) is 2. The minimum atomic E-state index is -0.368. The number of carbonyl (C=O) groups excluding carboxylic acids is 1. The Morgan fingerprint density at radius 1 is 1.00 bits per heavy atom. The first-order valence-electron chi connectivity index (χ1n) is 6.37. The van der Waals surface area contributed by atoms with Gasteiger partial charge in [0, 0.05) is 21.7 Å². The fourth-order valence-corrected chi connectivity index (χ4v) is 2.27. The van der Waals surface area contributed by atoms with Gasteiger partial charge in [-0.3, -0.25) is 4.79 Å². The van der Waals surface area contributed by atoms with E-state index in [2.05, 4.69) is 0 Å². The molecular formula is C16H13ClO3. The standard InChI is InChI=1S/C16H13ClO3/c17-14-6-4-11(5-7-14)15(18)12-2-1-3-13(10-12)16-19-8-9-20-16/h1-7,10,16H,8-9H2. The Labute approximate surface area is 122 Å². The van der Waals surface area contributed by atoms with Crippen LogP contribution >= 0.6 is 11.6 Å². The Balaban J connectivity index is 1.87. The van der Waals surface area contributed by atoms with Gasteiger partial charge in [-0.05, 0) is 30.3 Å². The third-order valence-electron chi connectivity index (χ3n) is 3.15. The number of carbonyl (C=O) groups is 1. The van der Waals surface area contributed by atoms with Gasteiger partial charge in [-0.15, -0.1) is 0 Å². The van der Waals surface area contributed by atoms with Crippen molar-refractivity contribution in [3.8, 4) is 0 Å². The zero-order valence-electron chi connectivity index (χ0n) is 10.7. The molecule has 0 saturated carbocycles. The van der Waals surface area contributed by atoms with Gasteiger partial charge in [-0.2, -0.15) is 0 Å². The van der Waals surface area contributed by atoms with Crippen LogP contribution in [0, 0.1) is 0 Å². The Hall–Kier alpha value is -1.68. The molecule has 0 aromatic heterocycles. The molecule has 0 spiro atoms. The molecular weight excluding hydrogens is 276 g/mol. The molecule has 2 aromatic carbocycles. The van der Waals surface area contributed by atoms with E-state index < -0.39 is 0 Å². The summed E-state index contributed by atoms with van der Waals surface area (Å²) in [6.07, 6.45) is -0.368. The lowest BCUT2D eigenvalue weighted by atomic mass is 10.0. The lowest BCUT2D eigenvalue weighted by Crippen LogP contribution is -2.04. The number of hydrogen-bond acceptors (Lipinski definition) is 3. The van der Waals surface area contributed by atoms with Crippen molar-refractivity contribution in [3.63, 3.8) is 0 Å². The second-order valence-electron chi connectivity index (χ2n) is 4.53. The maximum atomic E-state index is 12.4. The van der Waals surface area contributed by atoms with Crippen LogP contribution in [0.5, 0.6) is 0 Å². The number of ketones is 1. The summed E-state index contributed by atoms with van der Waals surface area (Å²) in [5.74, 6) is -0.0403. The second kappa shape index (κ2) is 5.75. The van der Waals surface area contributed by atoms with Gasteiger partial charge in [-0.25, -0.2) is 0 Å². The molecule has 102 valence electrons. The van der Waals surface area contributed by atoms with Gasteiger partial charge in [0.2, 0.25) is 0 Å². The zero-order valence-corrected chi connectivity index (χ0v) is 11.5. The summed E-state index contributed by atoms with van der Waals surface area (Å²) in [5.41, 5.74) is 2.09. The van der Waals surface area contributed by atoms with Gasteiger partial charge in [0.1, 0.15) is 0 Å². The Bertz CT molecular complexity index is 616. The summed E-state index contributed by atoms with van der Waals surface area (Å²) in [6, 6.07) is 14.2. The fraction of sp³-hybridized carbons (Fsp3) is 0.188. The first kappa shape index (κ1) is 13.3. The molecule has 1 heterocycles. The normalized spacial score (nSPS) is 15.4. The van der Waals surface area contributed by atoms with E-state index in [4.69, 9.17) is 21.1 Å². The lowest BCUT2D eigenvalue weighted by molar-refractivity contribution is -0.0441. The van der Waals surface area contributed by atoms with Crippen molar-refractivity contribution in [2.24, 2.45) is 0 Å². The number of halogens is 1. The van der Waals surface area contributed by atoms with Crippen LogP contribution in [0.25, 0.3) is 0 Å². The summed E-state index contributed by atoms with van der Waals surface area (Å²) in [6.45, 7) is 1.17. The van der Waals surface area contributed by atoms with Crippen molar-refractivity contribution in [1.82, 2.24) is 0 Å². The van der Waals surface area contributed by atoms with E-state index in [1.165, 1.54) is 0 Å². The van der Waals surface area contributed by atoms with Gasteiger partial charge in [0.05, 0.1) is 13.2 Å². The maximum absolute atomic E-state index is 12.4. The molecule has 1 aliphatic heterocycles. The number of hydrogen-bond donors (Lipinski definition) is 0. The lowest BCUT2D eigenvalue weighted by Gasteiger charge is -2.10. The van der Waals surface area contributed by atoms with Crippen LogP contribution in [0.4, 0.5) is 0 Å². The first-order valence-corrected chi connectivity index (χ1v) is 6.75. The second-order valence-corrected chi connectivity index (χ2v) is 4.97. The molecule has 3 rings (SSSR count). The van der Waals surface area contributed by atoms with Crippen molar-refractivity contribution in [2.45, 2.75) is 6.29 Å². The molecule has 4 heteroatoms. The molecule has 0 radical (unpaired) electrons. The SMILES string of the molecule is O=C(c1ccc(Cl)cc1)c1cccc(C2OCCO2)c1. The third kappa shape index (κ3) is 2.75. The highest BCUT2D eigenvalue weighted by atomic mass is 35.5. The molecule has 1 saturated heterocycles. The molecule has 2 aromatic rings. The van der Waals surface area contributed by atoms with Crippen LogP contribution in [0.15, 0.2) is 48.5 Å². The molecule has 0 unspecified atom stereocenters. The number of benzene rings is 2. The van der Waals surface area contributed by atoms with Crippen LogP contribution in [-0.2, 0) is 9.47 Å². The van der Waals surface area contributed by atoms with E-state index in [0.29, 0.717) is 29.4 Å². The van der Waals surface area contributed by atoms with Crippen LogP contribution in [0.2, 0.25) is 5.02 Å². The largest absolute Gasteiger partial charge is 0.346 e. The molecule has 1 fully saturated rings. The van der Waals surface area contributed by atoms with E-state index in [1.807, 2.05) is 18.2 Å². The van der Waals surface area contributed by atoms with Crippen LogP contribution in [-0.4, -0.2) is 19.0 Å². The summed E-state index contributed by atoms with van der Waals surface area (Å²) >= 11 is 5.83. The highest BCUT2D eigenvalue weighted by Crippen LogP contribution is 2.24. The van der Waals surface area contributed by atoms with E-state index >= 15 is 0 Å². The van der Waals surface area contributed by atoms with E-state index in [-0.39, 0.29) is 12.1 Å². The quantitative estimate of drug-likeness (QED) is 0.809. The van der Waals surface area contributed by atoms with Crippen molar-refractivity contribution >= 4 is 17.4 Å². The van der Waals surface area contributed by atoms with E-state index in [9.17, 15) is 4.79 Å². The summed E-state index contributed by atoms with van der Waals surface area (Å²) in [5, 5.41) is 0.614. The minimum absolute atomic E-state index is 0.0403. The molecule has 0 aliphatic carbocycles. The van der Waals surface area contributed by atoms with Crippen LogP contribution in [0.1, 0.15) is 27.8 Å². The summed E-state index contributed by atoms with van der Waals surface area (Å²) < 4.78 is 10.9. The Morgan fingerprint density at radius 2 is 1.70 bits per heavy atom. The fourth-order valence-electron chi connectivity index (χ4n) is 2.15. The van der Waals surface area contributed by atoms with E-state index in [1.54, 1.807) is 30.3 Å². The monoisotopic (exact) mass is 288 g/mol. The van der Waals surface area contributed by atoms with Crippen molar-refractivity contribution in [2.75, 3.05) is 13.2 Å². The third-order valence-corrected chi connectivity index (χ3v) is 3.40. The summed E-state index contributed by atoms with van der Waals surface area (Å²) in [7, 11) is 0. The van der Waals surface area contributed by atoms with Crippen LogP contribution in [0.3, 0.4) is 0 Å². The van der Waals surface area contributed by atoms with Crippen LogP contribution < -0.4 is 0 Å². The Morgan fingerprint density at radius 3 is 2.40 bits per heavy atom. The molecule has 0 bridgehead atoms. The molecule has 20 heavy (non-hydrogen) atoms. The van der Waals surface area contributed by atoms with Gasteiger partial charge < -0.3 is 9.47 Å². The molecule has 0 N–H and O–H groups in total.